The van der Waals surface area contributed by atoms with E-state index >= 15 is 0 Å². The Morgan fingerprint density at radius 1 is 1.04 bits per heavy atom. The van der Waals surface area contributed by atoms with E-state index in [1.54, 1.807) is 6.07 Å². The first-order valence-corrected chi connectivity index (χ1v) is 9.47. The maximum atomic E-state index is 10.4. The molecule has 138 valence electrons. The van der Waals surface area contributed by atoms with Crippen LogP contribution in [0.3, 0.4) is 0 Å². The van der Waals surface area contributed by atoms with Crippen molar-refractivity contribution in [3.8, 4) is 11.5 Å². The predicted molar refractivity (Wildman–Crippen MR) is 98.0 cm³/mol. The summed E-state index contributed by atoms with van der Waals surface area (Å²) in [6.45, 7) is 0.417. The van der Waals surface area contributed by atoms with E-state index in [1.807, 2.05) is 6.07 Å². The third-order valence-electron chi connectivity index (χ3n) is 7.35. The van der Waals surface area contributed by atoms with Crippen molar-refractivity contribution in [3.63, 3.8) is 0 Å². The fraction of sp³-hybridized carbons (Fsp3) is 0.700. The second kappa shape index (κ2) is 6.04. The highest BCUT2D eigenvalue weighted by Gasteiger charge is 2.55. The van der Waals surface area contributed by atoms with Crippen LogP contribution in [0.4, 0.5) is 0 Å². The van der Waals surface area contributed by atoms with Gasteiger partial charge in [0, 0.05) is 18.5 Å². The largest absolute Gasteiger partial charge is 0.504 e. The van der Waals surface area contributed by atoms with E-state index in [4.69, 9.17) is 10.5 Å². The summed E-state index contributed by atoms with van der Waals surface area (Å²) in [6, 6.07) is 3.41. The molecular weight excluding hydrogens is 338 g/mol. The second-order valence-electron chi connectivity index (χ2n) is 8.83. The quantitative estimate of drug-likeness (QED) is 0.699. The monoisotopic (exact) mass is 365 g/mol. The van der Waals surface area contributed by atoms with Crippen LogP contribution in [0.15, 0.2) is 12.1 Å². The summed E-state index contributed by atoms with van der Waals surface area (Å²) in [6.07, 6.45) is 8.72. The number of aromatic hydroxyl groups is 2. The minimum atomic E-state index is -0.168. The van der Waals surface area contributed by atoms with Crippen molar-refractivity contribution in [3.05, 3.63) is 23.3 Å². The van der Waals surface area contributed by atoms with Crippen LogP contribution in [0.5, 0.6) is 11.5 Å². The highest BCUT2D eigenvalue weighted by atomic mass is 35.5. The summed E-state index contributed by atoms with van der Waals surface area (Å²) in [5.74, 6) is 2.61. The number of fused-ring (bicyclic) bond motifs is 1. The van der Waals surface area contributed by atoms with Crippen molar-refractivity contribution in [1.82, 2.24) is 0 Å². The van der Waals surface area contributed by atoms with Crippen LogP contribution in [-0.4, -0.2) is 22.9 Å². The van der Waals surface area contributed by atoms with Gasteiger partial charge in [-0.25, -0.2) is 0 Å². The molecule has 6 rings (SSSR count). The minimum Gasteiger partial charge on any atom is -0.504 e. The van der Waals surface area contributed by atoms with E-state index in [9.17, 15) is 10.2 Å². The maximum Gasteiger partial charge on any atom is 0.161 e. The Balaban J connectivity index is 0.00000157. The minimum absolute atomic E-state index is 0. The van der Waals surface area contributed by atoms with Crippen LogP contribution < -0.4 is 5.73 Å². The molecule has 0 amide bonds. The Bertz CT molecular complexity index is 642. The summed E-state index contributed by atoms with van der Waals surface area (Å²) < 4.78 is 6.52. The van der Waals surface area contributed by atoms with Gasteiger partial charge in [-0.1, -0.05) is 6.07 Å². The van der Waals surface area contributed by atoms with E-state index in [2.05, 4.69) is 0 Å². The smallest absolute Gasteiger partial charge is 0.161 e. The van der Waals surface area contributed by atoms with Crippen molar-refractivity contribution in [1.29, 1.82) is 0 Å². The number of phenolic OH excluding ortho intramolecular Hbond substituents is 2. The Morgan fingerprint density at radius 3 is 2.20 bits per heavy atom. The maximum absolute atomic E-state index is 10.4. The zero-order valence-electron chi connectivity index (χ0n) is 14.5. The van der Waals surface area contributed by atoms with E-state index < -0.39 is 0 Å². The number of phenols is 2. The van der Waals surface area contributed by atoms with Gasteiger partial charge in [0.15, 0.2) is 11.5 Å². The molecule has 1 heterocycles. The normalized spacial score (nSPS) is 41.2. The van der Waals surface area contributed by atoms with Crippen molar-refractivity contribution in [2.24, 2.45) is 28.9 Å². The van der Waals surface area contributed by atoms with Gasteiger partial charge in [0.1, 0.15) is 0 Å². The Labute approximate surface area is 155 Å². The summed E-state index contributed by atoms with van der Waals surface area (Å²) in [5.41, 5.74) is 8.06. The molecule has 1 aromatic rings. The number of rotatable bonds is 2. The number of nitrogens with two attached hydrogens (primary N) is 1. The summed E-state index contributed by atoms with van der Waals surface area (Å²) in [7, 11) is 0. The van der Waals surface area contributed by atoms with Crippen molar-refractivity contribution in [2.75, 3.05) is 6.54 Å². The number of hydrogen-bond donors (Lipinski definition) is 3. The molecule has 4 nitrogen and oxygen atoms in total. The molecule has 2 unspecified atom stereocenters. The fourth-order valence-electron chi connectivity index (χ4n) is 6.78. The first kappa shape index (κ1) is 17.4. The summed E-state index contributed by atoms with van der Waals surface area (Å²) in [5, 5.41) is 20.3. The SMILES string of the molecule is Cl.NCC1OC(C23CC4CC(CC(C4)C2)C3)Cc2c1ccc(O)c2O. The number of benzene rings is 1. The van der Waals surface area contributed by atoms with Crippen LogP contribution in [0.2, 0.25) is 0 Å². The molecular formula is C20H28ClNO3. The van der Waals surface area contributed by atoms with Crippen LogP contribution in [0.25, 0.3) is 0 Å². The molecule has 2 atom stereocenters. The highest BCUT2D eigenvalue weighted by molar-refractivity contribution is 5.85. The zero-order chi connectivity index (χ0) is 16.5. The molecule has 4 saturated carbocycles. The average Bonchev–Trinajstić information content (AvgIpc) is 2.56. The molecule has 5 heteroatoms. The Kier molecular flexibility index (Phi) is 4.21. The lowest BCUT2D eigenvalue weighted by atomic mass is 9.47. The van der Waals surface area contributed by atoms with E-state index in [0.29, 0.717) is 13.0 Å². The first-order chi connectivity index (χ1) is 11.6. The van der Waals surface area contributed by atoms with Gasteiger partial charge in [0.25, 0.3) is 0 Å². The number of ether oxygens (including phenoxy) is 1. The second-order valence-corrected chi connectivity index (χ2v) is 8.83. The van der Waals surface area contributed by atoms with E-state index in [0.717, 1.165) is 28.9 Å². The van der Waals surface area contributed by atoms with Crippen LogP contribution in [-0.2, 0) is 11.2 Å². The highest BCUT2D eigenvalue weighted by Crippen LogP contribution is 2.63. The van der Waals surface area contributed by atoms with Crippen molar-refractivity contribution >= 4 is 12.4 Å². The lowest BCUT2D eigenvalue weighted by Crippen LogP contribution is -2.54. The molecule has 0 spiro atoms. The molecule has 4 fully saturated rings. The van der Waals surface area contributed by atoms with Crippen molar-refractivity contribution in [2.45, 2.75) is 57.2 Å². The number of hydrogen-bond acceptors (Lipinski definition) is 4. The number of halogens is 1. The van der Waals surface area contributed by atoms with Gasteiger partial charge in [-0.3, -0.25) is 0 Å². The standard InChI is InChI=1S/C20H27NO3.ClH/c21-10-17-14-1-2-16(22)19(23)15(14)6-18(24-17)20-7-11-3-12(8-20)5-13(4-11)9-20;/h1-2,11-13,17-18,22-23H,3-10,21H2;1H. The molecule has 0 radical (unpaired) electrons. The topological polar surface area (TPSA) is 75.7 Å². The van der Waals surface area contributed by atoms with Gasteiger partial charge in [0.2, 0.25) is 0 Å². The molecule has 5 aliphatic rings. The molecule has 0 saturated heterocycles. The molecule has 4 N–H and O–H groups in total. The average molecular weight is 366 g/mol. The van der Waals surface area contributed by atoms with Gasteiger partial charge in [-0.15, -0.1) is 12.4 Å². The molecule has 4 bridgehead atoms. The van der Waals surface area contributed by atoms with Gasteiger partial charge in [-0.05, 0) is 73.3 Å². The lowest BCUT2D eigenvalue weighted by Gasteiger charge is -2.60. The van der Waals surface area contributed by atoms with Crippen LogP contribution in [0, 0.1) is 23.2 Å². The van der Waals surface area contributed by atoms with Crippen LogP contribution in [0.1, 0.15) is 55.8 Å². The Morgan fingerprint density at radius 2 is 1.64 bits per heavy atom. The van der Waals surface area contributed by atoms with Crippen molar-refractivity contribution < 1.29 is 14.9 Å². The predicted octanol–water partition coefficient (Wildman–Crippen LogP) is 3.68. The van der Waals surface area contributed by atoms with Gasteiger partial charge in [0.05, 0.1) is 12.2 Å². The molecule has 25 heavy (non-hydrogen) atoms. The summed E-state index contributed by atoms with van der Waals surface area (Å²) in [4.78, 5) is 0. The third-order valence-corrected chi connectivity index (χ3v) is 7.35. The first-order valence-electron chi connectivity index (χ1n) is 9.47. The molecule has 1 aliphatic heterocycles. The van der Waals surface area contributed by atoms with E-state index in [-0.39, 0.29) is 41.5 Å². The molecule has 0 aromatic heterocycles. The van der Waals surface area contributed by atoms with E-state index in [1.165, 1.54) is 38.5 Å². The zero-order valence-corrected chi connectivity index (χ0v) is 15.3. The molecule has 4 aliphatic carbocycles. The lowest BCUT2D eigenvalue weighted by molar-refractivity contribution is -0.165. The van der Waals surface area contributed by atoms with Gasteiger partial charge >= 0.3 is 0 Å². The molecule has 1 aromatic carbocycles. The Hall–Kier alpha value is -0.970. The summed E-state index contributed by atoms with van der Waals surface area (Å²) >= 11 is 0. The fourth-order valence-corrected chi connectivity index (χ4v) is 6.78. The van der Waals surface area contributed by atoms with Crippen LogP contribution >= 0.6 is 12.4 Å². The third kappa shape index (κ3) is 2.56. The van der Waals surface area contributed by atoms with Gasteiger partial charge < -0.3 is 20.7 Å². The van der Waals surface area contributed by atoms with Gasteiger partial charge in [-0.2, -0.15) is 0 Å².